The molecule has 3 aromatic heterocycles. The minimum atomic E-state index is 0.0886. The quantitative estimate of drug-likeness (QED) is 0.790. The molecule has 0 unspecified atom stereocenters. The Morgan fingerprint density at radius 1 is 1.04 bits per heavy atom. The van der Waals surface area contributed by atoms with Gasteiger partial charge in [-0.1, -0.05) is 19.9 Å². The van der Waals surface area contributed by atoms with Crippen molar-refractivity contribution in [1.29, 1.82) is 0 Å². The summed E-state index contributed by atoms with van der Waals surface area (Å²) in [4.78, 5) is 9.20. The fourth-order valence-corrected chi connectivity index (χ4v) is 2.54. The highest BCUT2D eigenvalue weighted by Crippen LogP contribution is 2.23. The number of nitrogens with zero attached hydrogens (tertiary/aromatic N) is 4. The van der Waals surface area contributed by atoms with Gasteiger partial charge in [0.25, 0.3) is 0 Å². The van der Waals surface area contributed by atoms with E-state index in [1.54, 1.807) is 0 Å². The second-order valence-electron chi connectivity index (χ2n) is 6.40. The first-order valence-corrected chi connectivity index (χ1v) is 8.00. The molecule has 1 atom stereocenters. The van der Waals surface area contributed by atoms with Gasteiger partial charge >= 0.3 is 0 Å². The molecule has 5 heteroatoms. The Bertz CT molecular complexity index is 817. The second-order valence-corrected chi connectivity index (χ2v) is 6.40. The summed E-state index contributed by atoms with van der Waals surface area (Å²) >= 11 is 0. The fourth-order valence-electron chi connectivity index (χ4n) is 2.54. The summed E-state index contributed by atoms with van der Waals surface area (Å²) in [7, 11) is 0. The van der Waals surface area contributed by atoms with Crippen molar-refractivity contribution < 1.29 is 0 Å². The Hall–Kier alpha value is -2.43. The van der Waals surface area contributed by atoms with Crippen molar-refractivity contribution in [2.75, 3.05) is 5.32 Å². The van der Waals surface area contributed by atoms with Gasteiger partial charge in [-0.3, -0.25) is 4.98 Å². The van der Waals surface area contributed by atoms with Crippen LogP contribution in [0.5, 0.6) is 0 Å². The molecular weight excluding hydrogens is 286 g/mol. The molecule has 3 heterocycles. The molecule has 5 nitrogen and oxygen atoms in total. The van der Waals surface area contributed by atoms with Crippen LogP contribution >= 0.6 is 0 Å². The van der Waals surface area contributed by atoms with Gasteiger partial charge in [-0.2, -0.15) is 9.61 Å². The van der Waals surface area contributed by atoms with Crippen molar-refractivity contribution >= 4 is 11.5 Å². The third-order valence-electron chi connectivity index (χ3n) is 3.90. The Morgan fingerprint density at radius 3 is 2.48 bits per heavy atom. The van der Waals surface area contributed by atoms with Gasteiger partial charge in [0.2, 0.25) is 0 Å². The smallest absolute Gasteiger partial charge is 0.157 e. The van der Waals surface area contributed by atoms with Crippen molar-refractivity contribution in [1.82, 2.24) is 19.6 Å². The molecule has 0 aliphatic heterocycles. The first kappa shape index (κ1) is 15.5. The third-order valence-corrected chi connectivity index (χ3v) is 3.90. The number of nitrogens with one attached hydrogen (secondary N) is 1. The van der Waals surface area contributed by atoms with E-state index in [1.807, 2.05) is 30.6 Å². The topological polar surface area (TPSA) is 55.1 Å². The Kier molecular flexibility index (Phi) is 4.03. The van der Waals surface area contributed by atoms with Crippen LogP contribution in [0.15, 0.2) is 30.5 Å². The highest BCUT2D eigenvalue weighted by Gasteiger charge is 2.13. The fraction of sp³-hybridized carbons (Fsp3) is 0.389. The molecule has 0 saturated heterocycles. The van der Waals surface area contributed by atoms with Crippen molar-refractivity contribution in [3.63, 3.8) is 0 Å². The average Bonchev–Trinajstić information content (AvgIpc) is 2.88. The van der Waals surface area contributed by atoms with Crippen molar-refractivity contribution in [3.8, 4) is 0 Å². The lowest BCUT2D eigenvalue weighted by Gasteiger charge is -2.17. The van der Waals surface area contributed by atoms with E-state index in [4.69, 9.17) is 4.98 Å². The summed E-state index contributed by atoms with van der Waals surface area (Å²) < 4.78 is 1.87. The maximum absolute atomic E-state index is 4.69. The minimum absolute atomic E-state index is 0.0886. The highest BCUT2D eigenvalue weighted by molar-refractivity contribution is 5.51. The summed E-state index contributed by atoms with van der Waals surface area (Å²) in [5.74, 6) is 1.31. The monoisotopic (exact) mass is 309 g/mol. The largest absolute Gasteiger partial charge is 0.362 e. The van der Waals surface area contributed by atoms with E-state index >= 15 is 0 Å². The average molecular weight is 309 g/mol. The summed E-state index contributed by atoms with van der Waals surface area (Å²) in [5, 5.41) is 8.07. The molecule has 0 aliphatic rings. The first-order chi connectivity index (χ1) is 10.9. The predicted molar refractivity (Wildman–Crippen MR) is 92.8 cm³/mol. The van der Waals surface area contributed by atoms with Crippen LogP contribution in [0.25, 0.3) is 5.65 Å². The zero-order chi connectivity index (χ0) is 16.6. The summed E-state index contributed by atoms with van der Waals surface area (Å²) in [6.07, 6.45) is 1.90. The van der Waals surface area contributed by atoms with Gasteiger partial charge in [0, 0.05) is 24.0 Å². The van der Waals surface area contributed by atoms with Gasteiger partial charge in [-0.05, 0) is 38.3 Å². The number of fused-ring (bicyclic) bond motifs is 1. The first-order valence-electron chi connectivity index (χ1n) is 8.00. The zero-order valence-corrected chi connectivity index (χ0v) is 14.3. The lowest BCUT2D eigenvalue weighted by Crippen LogP contribution is -2.13. The summed E-state index contributed by atoms with van der Waals surface area (Å²) in [6.45, 7) is 10.4. The molecule has 23 heavy (non-hydrogen) atoms. The number of pyridine rings is 1. The molecule has 120 valence electrons. The molecule has 0 spiro atoms. The lowest BCUT2D eigenvalue weighted by atomic mass is 10.1. The molecule has 0 fully saturated rings. The highest BCUT2D eigenvalue weighted by atomic mass is 15.3. The molecule has 1 N–H and O–H groups in total. The van der Waals surface area contributed by atoms with Crippen LogP contribution in [0.4, 0.5) is 5.82 Å². The Labute approximate surface area is 136 Å². The minimum Gasteiger partial charge on any atom is -0.362 e. The van der Waals surface area contributed by atoms with Crippen molar-refractivity contribution in [2.45, 2.75) is 46.6 Å². The lowest BCUT2D eigenvalue weighted by molar-refractivity contribution is 0.782. The van der Waals surface area contributed by atoms with E-state index in [2.05, 4.69) is 54.4 Å². The normalized spacial score (nSPS) is 12.8. The second kappa shape index (κ2) is 5.99. The molecule has 0 aromatic carbocycles. The van der Waals surface area contributed by atoms with Crippen LogP contribution in [-0.2, 0) is 0 Å². The van der Waals surface area contributed by atoms with Crippen LogP contribution in [0.2, 0.25) is 0 Å². The summed E-state index contributed by atoms with van der Waals surface area (Å²) in [5.41, 5.74) is 5.07. The number of aromatic nitrogens is 4. The van der Waals surface area contributed by atoms with Gasteiger partial charge in [-0.25, -0.2) is 4.98 Å². The van der Waals surface area contributed by atoms with E-state index in [0.717, 1.165) is 34.1 Å². The maximum atomic E-state index is 4.69. The van der Waals surface area contributed by atoms with Gasteiger partial charge < -0.3 is 5.32 Å². The number of rotatable bonds is 4. The van der Waals surface area contributed by atoms with Gasteiger partial charge in [0.05, 0.1) is 17.4 Å². The molecule has 3 rings (SSSR count). The number of hydrogen-bond acceptors (Lipinski definition) is 4. The van der Waals surface area contributed by atoms with Crippen LogP contribution in [0, 0.1) is 13.8 Å². The molecular formula is C18H23N5. The van der Waals surface area contributed by atoms with Gasteiger partial charge in [0.15, 0.2) is 5.65 Å². The SMILES string of the molecule is Cc1ccc([C@H](C)Nc2cc(C(C)C)nc3cc(C)nn23)nc1. The molecule has 3 aromatic rings. The van der Waals surface area contributed by atoms with Crippen LogP contribution in [0.1, 0.15) is 55.4 Å². The maximum Gasteiger partial charge on any atom is 0.157 e. The Morgan fingerprint density at radius 2 is 1.83 bits per heavy atom. The van der Waals surface area contributed by atoms with Gasteiger partial charge in [0.1, 0.15) is 5.82 Å². The van der Waals surface area contributed by atoms with Crippen LogP contribution in [0.3, 0.4) is 0 Å². The number of hydrogen-bond donors (Lipinski definition) is 1. The van der Waals surface area contributed by atoms with E-state index in [0.29, 0.717) is 5.92 Å². The van der Waals surface area contributed by atoms with E-state index in [1.165, 1.54) is 0 Å². The van der Waals surface area contributed by atoms with Crippen molar-refractivity contribution in [3.05, 3.63) is 53.1 Å². The molecule has 0 saturated carbocycles. The number of aryl methyl sites for hydroxylation is 2. The molecule has 0 bridgehead atoms. The van der Waals surface area contributed by atoms with E-state index in [-0.39, 0.29) is 6.04 Å². The van der Waals surface area contributed by atoms with Crippen molar-refractivity contribution in [2.24, 2.45) is 0 Å². The van der Waals surface area contributed by atoms with Crippen LogP contribution < -0.4 is 5.32 Å². The summed E-state index contributed by atoms with van der Waals surface area (Å²) in [6, 6.07) is 8.31. The predicted octanol–water partition coefficient (Wildman–Crippen LogP) is 4.04. The van der Waals surface area contributed by atoms with Crippen LogP contribution in [-0.4, -0.2) is 19.6 Å². The van der Waals surface area contributed by atoms with Gasteiger partial charge in [-0.15, -0.1) is 0 Å². The van der Waals surface area contributed by atoms with E-state index in [9.17, 15) is 0 Å². The molecule has 0 radical (unpaired) electrons. The third kappa shape index (κ3) is 3.18. The standard InChI is InChI=1S/C18H23N5/c1-11(2)16-9-18(23-17(21-16)8-13(4)22-23)20-14(5)15-7-6-12(3)10-19-15/h6-11,14,20H,1-5H3/t14-/m0/s1. The van der Waals surface area contributed by atoms with E-state index < -0.39 is 0 Å². The molecule has 0 aliphatic carbocycles. The zero-order valence-electron chi connectivity index (χ0n) is 14.3. The Balaban J connectivity index is 1.99. The molecule has 0 amide bonds. The number of anilines is 1.